The van der Waals surface area contributed by atoms with Crippen molar-refractivity contribution in [1.82, 2.24) is 25.0 Å². The second kappa shape index (κ2) is 3.67. The molecule has 0 bridgehead atoms. The van der Waals surface area contributed by atoms with Crippen molar-refractivity contribution in [3.05, 3.63) is 12.4 Å². The van der Waals surface area contributed by atoms with E-state index in [1.54, 1.807) is 16.9 Å². The predicted octanol–water partition coefficient (Wildman–Crippen LogP) is -0.520. The first-order chi connectivity index (χ1) is 7.84. The third-order valence-corrected chi connectivity index (χ3v) is 2.81. The van der Waals surface area contributed by atoms with Gasteiger partial charge < -0.3 is 10.0 Å². The molecule has 1 saturated heterocycles. The average molecular weight is 220 g/mol. The Balaban J connectivity index is 2.01. The molecule has 0 radical (unpaired) electrons. The van der Waals surface area contributed by atoms with E-state index >= 15 is 0 Å². The lowest BCUT2D eigenvalue weighted by Crippen LogP contribution is -2.39. The molecule has 1 atom stereocenters. The first-order valence-corrected chi connectivity index (χ1v) is 5.30. The van der Waals surface area contributed by atoms with Gasteiger partial charge in [-0.15, -0.1) is 5.10 Å². The number of aromatic nitrogens is 5. The van der Waals surface area contributed by atoms with Crippen LogP contribution in [0, 0.1) is 0 Å². The highest BCUT2D eigenvalue weighted by Crippen LogP contribution is 2.18. The SMILES string of the molecule is OC1CCCN(c2cncc3nnnn23)C1. The number of tetrazole rings is 1. The second-order valence-corrected chi connectivity index (χ2v) is 3.96. The fourth-order valence-corrected chi connectivity index (χ4v) is 2.04. The van der Waals surface area contributed by atoms with E-state index in [0.717, 1.165) is 25.2 Å². The van der Waals surface area contributed by atoms with Crippen LogP contribution in [0.15, 0.2) is 12.4 Å². The van der Waals surface area contributed by atoms with Gasteiger partial charge in [-0.25, -0.2) is 0 Å². The van der Waals surface area contributed by atoms with E-state index in [2.05, 4.69) is 25.4 Å². The summed E-state index contributed by atoms with van der Waals surface area (Å²) < 4.78 is 1.64. The zero-order valence-corrected chi connectivity index (χ0v) is 8.69. The maximum atomic E-state index is 9.64. The highest BCUT2D eigenvalue weighted by Gasteiger charge is 2.20. The quantitative estimate of drug-likeness (QED) is 0.696. The Morgan fingerprint density at radius 2 is 2.31 bits per heavy atom. The summed E-state index contributed by atoms with van der Waals surface area (Å²) in [5.74, 6) is 0.834. The fraction of sp³-hybridized carbons (Fsp3) is 0.556. The van der Waals surface area contributed by atoms with E-state index in [0.29, 0.717) is 12.2 Å². The summed E-state index contributed by atoms with van der Waals surface area (Å²) in [6, 6.07) is 0. The predicted molar refractivity (Wildman–Crippen MR) is 56.0 cm³/mol. The number of anilines is 1. The Bertz CT molecular complexity index is 497. The Kier molecular flexibility index (Phi) is 2.17. The number of hydrogen-bond donors (Lipinski definition) is 1. The van der Waals surface area contributed by atoms with Gasteiger partial charge in [0.15, 0.2) is 11.5 Å². The van der Waals surface area contributed by atoms with E-state index < -0.39 is 0 Å². The molecule has 1 fully saturated rings. The summed E-state index contributed by atoms with van der Waals surface area (Å²) in [6.45, 7) is 1.51. The van der Waals surface area contributed by atoms with Crippen LogP contribution in [0.1, 0.15) is 12.8 Å². The first-order valence-electron chi connectivity index (χ1n) is 5.30. The van der Waals surface area contributed by atoms with Crippen LogP contribution in [0.3, 0.4) is 0 Å². The summed E-state index contributed by atoms with van der Waals surface area (Å²) in [6.07, 6.45) is 4.89. The van der Waals surface area contributed by atoms with Crippen molar-refractivity contribution >= 4 is 11.5 Å². The van der Waals surface area contributed by atoms with E-state index in [1.165, 1.54) is 0 Å². The minimum absolute atomic E-state index is 0.277. The highest BCUT2D eigenvalue weighted by atomic mass is 16.3. The standard InChI is InChI=1S/C9H12N6O/c16-7-2-1-3-14(6-7)9-5-10-4-8-11-12-13-15(8)9/h4-5,7,16H,1-3,6H2. The van der Waals surface area contributed by atoms with Crippen molar-refractivity contribution in [3.8, 4) is 0 Å². The van der Waals surface area contributed by atoms with Crippen LogP contribution in [0.25, 0.3) is 5.65 Å². The van der Waals surface area contributed by atoms with E-state index in [4.69, 9.17) is 0 Å². The Hall–Kier alpha value is -1.76. The minimum Gasteiger partial charge on any atom is -0.391 e. The highest BCUT2D eigenvalue weighted by molar-refractivity contribution is 5.46. The number of fused-ring (bicyclic) bond motifs is 1. The van der Waals surface area contributed by atoms with Gasteiger partial charge in [0, 0.05) is 13.1 Å². The molecule has 1 unspecified atom stereocenters. The lowest BCUT2D eigenvalue weighted by atomic mass is 10.1. The molecule has 2 aromatic rings. The molecule has 2 aromatic heterocycles. The molecule has 7 heteroatoms. The number of hydrogen-bond acceptors (Lipinski definition) is 6. The summed E-state index contributed by atoms with van der Waals surface area (Å²) >= 11 is 0. The van der Waals surface area contributed by atoms with Crippen LogP contribution in [-0.4, -0.2) is 49.3 Å². The summed E-state index contributed by atoms with van der Waals surface area (Å²) in [5.41, 5.74) is 0.623. The number of piperidine rings is 1. The van der Waals surface area contributed by atoms with Crippen LogP contribution in [0.2, 0.25) is 0 Å². The van der Waals surface area contributed by atoms with Gasteiger partial charge in [-0.3, -0.25) is 4.98 Å². The molecule has 16 heavy (non-hydrogen) atoms. The molecule has 0 amide bonds. The molecule has 3 heterocycles. The van der Waals surface area contributed by atoms with Crippen molar-refractivity contribution in [3.63, 3.8) is 0 Å². The summed E-state index contributed by atoms with van der Waals surface area (Å²) in [4.78, 5) is 6.16. The lowest BCUT2D eigenvalue weighted by Gasteiger charge is -2.31. The topological polar surface area (TPSA) is 79.4 Å². The number of nitrogens with zero attached hydrogens (tertiary/aromatic N) is 6. The monoisotopic (exact) mass is 220 g/mol. The van der Waals surface area contributed by atoms with Crippen LogP contribution >= 0.6 is 0 Å². The molecule has 1 aliphatic heterocycles. The van der Waals surface area contributed by atoms with Crippen molar-refractivity contribution in [2.24, 2.45) is 0 Å². The van der Waals surface area contributed by atoms with E-state index in [-0.39, 0.29) is 6.10 Å². The van der Waals surface area contributed by atoms with Gasteiger partial charge in [-0.05, 0) is 23.3 Å². The molecule has 1 aliphatic rings. The first kappa shape index (κ1) is 9.46. The van der Waals surface area contributed by atoms with E-state index in [1.807, 2.05) is 0 Å². The average Bonchev–Trinajstić information content (AvgIpc) is 2.76. The Labute approximate surface area is 91.7 Å². The molecule has 7 nitrogen and oxygen atoms in total. The normalized spacial score (nSPS) is 21.6. The van der Waals surface area contributed by atoms with E-state index in [9.17, 15) is 5.11 Å². The summed E-state index contributed by atoms with van der Waals surface area (Å²) in [5, 5.41) is 21.0. The van der Waals surface area contributed by atoms with Crippen LogP contribution in [0.5, 0.6) is 0 Å². The maximum absolute atomic E-state index is 9.64. The molecular formula is C9H12N6O. The third kappa shape index (κ3) is 1.49. The number of rotatable bonds is 1. The minimum atomic E-state index is -0.277. The summed E-state index contributed by atoms with van der Waals surface area (Å²) in [7, 11) is 0. The van der Waals surface area contributed by atoms with Gasteiger partial charge >= 0.3 is 0 Å². The van der Waals surface area contributed by atoms with Gasteiger partial charge in [0.2, 0.25) is 0 Å². The van der Waals surface area contributed by atoms with Crippen molar-refractivity contribution in [2.45, 2.75) is 18.9 Å². The zero-order chi connectivity index (χ0) is 11.0. The lowest BCUT2D eigenvalue weighted by molar-refractivity contribution is 0.153. The Morgan fingerprint density at radius 1 is 1.38 bits per heavy atom. The number of β-amino-alcohol motifs (C(OH)–C–C–N with tert-alkyl or cyclic N) is 1. The largest absolute Gasteiger partial charge is 0.391 e. The zero-order valence-electron chi connectivity index (χ0n) is 8.69. The number of aliphatic hydroxyl groups excluding tert-OH is 1. The van der Waals surface area contributed by atoms with Gasteiger partial charge in [-0.2, -0.15) is 4.52 Å². The third-order valence-electron chi connectivity index (χ3n) is 2.81. The van der Waals surface area contributed by atoms with Crippen LogP contribution in [0.4, 0.5) is 5.82 Å². The molecule has 84 valence electrons. The molecule has 1 N–H and O–H groups in total. The fourth-order valence-electron chi connectivity index (χ4n) is 2.04. The van der Waals surface area contributed by atoms with Gasteiger partial charge in [-0.1, -0.05) is 0 Å². The molecule has 0 spiro atoms. The molecule has 3 rings (SSSR count). The second-order valence-electron chi connectivity index (χ2n) is 3.96. The molecule has 0 aliphatic carbocycles. The molecule has 0 saturated carbocycles. The van der Waals surface area contributed by atoms with Crippen molar-refractivity contribution < 1.29 is 5.11 Å². The van der Waals surface area contributed by atoms with Gasteiger partial charge in [0.05, 0.1) is 18.5 Å². The smallest absolute Gasteiger partial charge is 0.199 e. The van der Waals surface area contributed by atoms with Crippen LogP contribution in [-0.2, 0) is 0 Å². The van der Waals surface area contributed by atoms with Crippen LogP contribution < -0.4 is 4.90 Å². The number of aliphatic hydroxyl groups is 1. The maximum Gasteiger partial charge on any atom is 0.199 e. The Morgan fingerprint density at radius 3 is 3.19 bits per heavy atom. The molecule has 0 aromatic carbocycles. The van der Waals surface area contributed by atoms with Crippen molar-refractivity contribution in [1.29, 1.82) is 0 Å². The molecular weight excluding hydrogens is 208 g/mol. The van der Waals surface area contributed by atoms with Gasteiger partial charge in [0.25, 0.3) is 0 Å². The van der Waals surface area contributed by atoms with Crippen molar-refractivity contribution in [2.75, 3.05) is 18.0 Å². The van der Waals surface area contributed by atoms with Gasteiger partial charge in [0.1, 0.15) is 0 Å².